The summed E-state index contributed by atoms with van der Waals surface area (Å²) in [7, 11) is 0. The van der Waals surface area contributed by atoms with Crippen LogP contribution in [0.25, 0.3) is 0 Å². The molecule has 222 valence electrons. The largest absolute Gasteiger partial charge is 0.494 e. The normalized spacial score (nSPS) is 11.4. The Morgan fingerprint density at radius 3 is 2.09 bits per heavy atom. The number of carboxylic acids is 1. The predicted octanol–water partition coefficient (Wildman–Crippen LogP) is 6.47. The van der Waals surface area contributed by atoms with E-state index < -0.39 is 18.0 Å². The molecule has 1 unspecified atom stereocenters. The third-order valence-corrected chi connectivity index (χ3v) is 6.71. The smallest absolute Gasteiger partial charge is 0.343 e. The van der Waals surface area contributed by atoms with E-state index in [0.717, 1.165) is 11.3 Å². The topological polar surface area (TPSA) is 105 Å². The third-order valence-electron chi connectivity index (χ3n) is 6.71. The molecule has 8 nitrogen and oxygen atoms in total. The second kappa shape index (κ2) is 15.2. The van der Waals surface area contributed by atoms with Gasteiger partial charge in [-0.15, -0.1) is 0 Å². The molecule has 4 aromatic carbocycles. The van der Waals surface area contributed by atoms with Gasteiger partial charge in [0.1, 0.15) is 11.8 Å². The summed E-state index contributed by atoms with van der Waals surface area (Å²) in [5.74, 6) is -0.722. The predicted molar refractivity (Wildman–Crippen MR) is 167 cm³/mol. The van der Waals surface area contributed by atoms with Gasteiger partial charge < -0.3 is 24.8 Å². The van der Waals surface area contributed by atoms with Gasteiger partial charge in [-0.2, -0.15) is 0 Å². The first-order valence-electron chi connectivity index (χ1n) is 14.3. The van der Waals surface area contributed by atoms with Crippen molar-refractivity contribution in [1.82, 2.24) is 0 Å². The Labute approximate surface area is 251 Å². The van der Waals surface area contributed by atoms with Crippen LogP contribution in [0.1, 0.15) is 36.2 Å². The molecule has 8 heteroatoms. The lowest BCUT2D eigenvalue weighted by Gasteiger charge is -2.24. The minimum atomic E-state index is -1.04. The Hall–Kier alpha value is -5.11. The van der Waals surface area contributed by atoms with Crippen molar-refractivity contribution in [3.05, 3.63) is 120 Å². The number of benzene rings is 4. The molecule has 0 saturated carbocycles. The molecule has 0 fully saturated rings. The number of hydrogen-bond acceptors (Lipinski definition) is 6. The molecule has 4 aromatic rings. The number of esters is 1. The van der Waals surface area contributed by atoms with Crippen molar-refractivity contribution < 1.29 is 29.0 Å². The monoisotopic (exact) mass is 580 g/mol. The lowest BCUT2D eigenvalue weighted by Crippen LogP contribution is -2.35. The van der Waals surface area contributed by atoms with Crippen molar-refractivity contribution in [2.45, 2.75) is 32.7 Å². The van der Waals surface area contributed by atoms with Gasteiger partial charge in [0.25, 0.3) is 0 Å². The van der Waals surface area contributed by atoms with Gasteiger partial charge in [0.05, 0.1) is 17.9 Å². The van der Waals surface area contributed by atoms with Crippen LogP contribution in [-0.4, -0.2) is 42.1 Å². The number of para-hydroxylation sites is 3. The van der Waals surface area contributed by atoms with Crippen LogP contribution < -0.4 is 19.7 Å². The molecule has 0 aromatic heterocycles. The molecule has 1 atom stereocenters. The van der Waals surface area contributed by atoms with Crippen molar-refractivity contribution in [3.8, 4) is 11.5 Å². The van der Waals surface area contributed by atoms with Crippen molar-refractivity contribution >= 4 is 29.2 Å². The van der Waals surface area contributed by atoms with Gasteiger partial charge in [-0.25, -0.2) is 9.59 Å². The molecule has 0 aliphatic rings. The Kier molecular flexibility index (Phi) is 10.9. The number of anilines is 2. The summed E-state index contributed by atoms with van der Waals surface area (Å²) in [6.45, 7) is 4.74. The third kappa shape index (κ3) is 8.94. The molecule has 0 radical (unpaired) electrons. The molecule has 4 rings (SSSR count). The fraction of sp³-hybridized carbons (Fsp3) is 0.229. The highest BCUT2D eigenvalue weighted by Gasteiger charge is 2.21. The van der Waals surface area contributed by atoms with Gasteiger partial charge in [0.2, 0.25) is 5.91 Å². The first-order chi connectivity index (χ1) is 20.8. The summed E-state index contributed by atoms with van der Waals surface area (Å²) < 4.78 is 11.5. The molecule has 0 saturated heterocycles. The van der Waals surface area contributed by atoms with E-state index in [4.69, 9.17) is 9.47 Å². The molecule has 43 heavy (non-hydrogen) atoms. The maximum atomic E-state index is 12.7. The summed E-state index contributed by atoms with van der Waals surface area (Å²) >= 11 is 0. The molecule has 2 N–H and O–H groups in total. The second-order valence-electron chi connectivity index (χ2n) is 10.3. The first-order valence-corrected chi connectivity index (χ1v) is 14.3. The van der Waals surface area contributed by atoms with Gasteiger partial charge >= 0.3 is 11.9 Å². The first kappa shape index (κ1) is 30.8. The van der Waals surface area contributed by atoms with Gasteiger partial charge in [-0.3, -0.25) is 4.79 Å². The summed E-state index contributed by atoms with van der Waals surface area (Å²) in [6, 6.07) is 31.2. The van der Waals surface area contributed by atoms with Crippen LogP contribution in [-0.2, 0) is 16.0 Å². The summed E-state index contributed by atoms with van der Waals surface area (Å²) in [6.07, 6.45) is 0.842. The summed E-state index contributed by atoms with van der Waals surface area (Å²) in [5, 5.41) is 12.9. The number of carboxylic acid groups (broad SMARTS) is 1. The Morgan fingerprint density at radius 2 is 1.44 bits per heavy atom. The van der Waals surface area contributed by atoms with Crippen LogP contribution in [0.5, 0.6) is 11.5 Å². The van der Waals surface area contributed by atoms with Gasteiger partial charge in [-0.1, -0.05) is 74.5 Å². The number of ether oxygens (including phenoxy) is 2. The lowest BCUT2D eigenvalue weighted by molar-refractivity contribution is -0.137. The number of hydrogen-bond donors (Lipinski definition) is 2. The van der Waals surface area contributed by atoms with E-state index >= 15 is 0 Å². The highest BCUT2D eigenvalue weighted by atomic mass is 16.5. The van der Waals surface area contributed by atoms with Crippen LogP contribution in [0.15, 0.2) is 109 Å². The quantitative estimate of drug-likeness (QED) is 0.100. The maximum Gasteiger partial charge on any atom is 0.343 e. The SMILES string of the molecule is CC(C)C(=O)N(CCCOc1ccc(CC(Nc2ccccc2OC(=O)c2ccccc2)C(=O)O)cc1)c1ccccc1. The highest BCUT2D eigenvalue weighted by Crippen LogP contribution is 2.26. The molecular formula is C35H36N2O6. The lowest BCUT2D eigenvalue weighted by atomic mass is 10.1. The zero-order valence-electron chi connectivity index (χ0n) is 24.3. The van der Waals surface area contributed by atoms with E-state index in [2.05, 4.69) is 5.32 Å². The van der Waals surface area contributed by atoms with E-state index in [1.54, 1.807) is 71.6 Å². The van der Waals surface area contributed by atoms with Crippen molar-refractivity contribution in [1.29, 1.82) is 0 Å². The minimum absolute atomic E-state index is 0.0640. The standard InChI is InChI=1S/C35H36N2O6/c1-25(2)33(38)37(28-14-7-4-8-15-28)22-11-23-42-29-20-18-26(19-21-29)24-31(34(39)40)36-30-16-9-10-17-32(30)43-35(41)27-12-5-3-6-13-27/h3-10,12-21,25,31,36H,11,22-24H2,1-2H3,(H,39,40). The number of nitrogens with zero attached hydrogens (tertiary/aromatic N) is 1. The van der Waals surface area contributed by atoms with E-state index in [9.17, 15) is 19.5 Å². The van der Waals surface area contributed by atoms with Crippen molar-refractivity contribution in [2.24, 2.45) is 5.92 Å². The Bertz CT molecular complexity index is 1490. The zero-order valence-corrected chi connectivity index (χ0v) is 24.3. The van der Waals surface area contributed by atoms with E-state index in [0.29, 0.717) is 36.6 Å². The number of carbonyl (C=O) groups excluding carboxylic acids is 2. The number of rotatable bonds is 14. The van der Waals surface area contributed by atoms with Crippen LogP contribution in [0, 0.1) is 5.92 Å². The van der Waals surface area contributed by atoms with Gasteiger partial charge in [-0.05, 0) is 60.5 Å². The van der Waals surface area contributed by atoms with E-state index in [1.807, 2.05) is 56.3 Å². The number of amides is 1. The van der Waals surface area contributed by atoms with E-state index in [-0.39, 0.29) is 24.0 Å². The molecular weight excluding hydrogens is 544 g/mol. The summed E-state index contributed by atoms with van der Waals surface area (Å²) in [5.41, 5.74) is 2.46. The molecule has 0 spiro atoms. The fourth-order valence-corrected chi connectivity index (χ4v) is 4.45. The van der Waals surface area contributed by atoms with Crippen LogP contribution in [0.3, 0.4) is 0 Å². The van der Waals surface area contributed by atoms with Crippen LogP contribution >= 0.6 is 0 Å². The fourth-order valence-electron chi connectivity index (χ4n) is 4.45. The van der Waals surface area contributed by atoms with E-state index in [1.165, 1.54) is 0 Å². The number of aliphatic carboxylic acids is 1. The Balaban J connectivity index is 1.32. The second-order valence-corrected chi connectivity index (χ2v) is 10.3. The Morgan fingerprint density at radius 1 is 0.814 bits per heavy atom. The molecule has 0 heterocycles. The van der Waals surface area contributed by atoms with Crippen molar-refractivity contribution in [3.63, 3.8) is 0 Å². The average molecular weight is 581 g/mol. The maximum absolute atomic E-state index is 12.7. The number of nitrogens with one attached hydrogen (secondary N) is 1. The molecule has 0 bridgehead atoms. The van der Waals surface area contributed by atoms with Gasteiger partial charge in [0.15, 0.2) is 5.75 Å². The minimum Gasteiger partial charge on any atom is -0.494 e. The summed E-state index contributed by atoms with van der Waals surface area (Å²) in [4.78, 5) is 39.2. The van der Waals surface area contributed by atoms with Gasteiger partial charge in [0, 0.05) is 24.6 Å². The van der Waals surface area contributed by atoms with Crippen LogP contribution in [0.4, 0.5) is 11.4 Å². The number of carbonyl (C=O) groups is 3. The van der Waals surface area contributed by atoms with Crippen molar-refractivity contribution in [2.75, 3.05) is 23.4 Å². The zero-order chi connectivity index (χ0) is 30.6. The molecule has 0 aliphatic heterocycles. The highest BCUT2D eigenvalue weighted by molar-refractivity contribution is 5.94. The molecule has 1 amide bonds. The molecule has 0 aliphatic carbocycles. The van der Waals surface area contributed by atoms with Crippen LogP contribution in [0.2, 0.25) is 0 Å². The average Bonchev–Trinajstić information content (AvgIpc) is 3.02.